The second-order valence-corrected chi connectivity index (χ2v) is 6.40. The van der Waals surface area contributed by atoms with Gasteiger partial charge in [0.05, 0.1) is 23.7 Å². The highest BCUT2D eigenvalue weighted by Crippen LogP contribution is 2.30. The van der Waals surface area contributed by atoms with Crippen molar-refractivity contribution in [2.45, 2.75) is 84.5 Å². The summed E-state index contributed by atoms with van der Waals surface area (Å²) in [6.45, 7) is 20.5. The van der Waals surface area contributed by atoms with Crippen LogP contribution in [0.3, 0.4) is 0 Å². The standard InChI is InChI=1S/C21H36O3/c1-8-9-10-11-12-13-14-15-16-17-21(22-18(2)3,23-19(4)5)24-20(6)7/h8H,1-2,4,6,9-17H2,3,5,7H3. The third-order valence-electron chi connectivity index (χ3n) is 3.38. The maximum absolute atomic E-state index is 5.76. The Balaban J connectivity index is 4.33. The Morgan fingerprint density at radius 3 is 1.46 bits per heavy atom. The van der Waals surface area contributed by atoms with E-state index in [1.54, 1.807) is 20.8 Å². The fraction of sp³-hybridized carbons (Fsp3) is 0.619. The number of allylic oxidation sites excluding steroid dienone is 4. The molecule has 24 heavy (non-hydrogen) atoms. The van der Waals surface area contributed by atoms with Crippen molar-refractivity contribution in [1.29, 1.82) is 0 Å². The Kier molecular flexibility index (Phi) is 11.9. The van der Waals surface area contributed by atoms with Gasteiger partial charge in [0.1, 0.15) is 0 Å². The van der Waals surface area contributed by atoms with Gasteiger partial charge in [-0.3, -0.25) is 0 Å². The fourth-order valence-corrected chi connectivity index (χ4v) is 2.53. The Morgan fingerprint density at radius 2 is 1.08 bits per heavy atom. The molecule has 0 heterocycles. The quantitative estimate of drug-likeness (QED) is 0.132. The maximum atomic E-state index is 5.76. The minimum absolute atomic E-state index is 0.541. The molecule has 0 aromatic carbocycles. The van der Waals surface area contributed by atoms with Gasteiger partial charge >= 0.3 is 5.97 Å². The molecular weight excluding hydrogens is 300 g/mol. The van der Waals surface area contributed by atoms with Crippen molar-refractivity contribution in [3.05, 3.63) is 49.7 Å². The van der Waals surface area contributed by atoms with Crippen LogP contribution in [0.15, 0.2) is 49.7 Å². The molecule has 0 atom stereocenters. The Hall–Kier alpha value is -1.64. The molecule has 0 amide bonds. The first kappa shape index (κ1) is 22.4. The van der Waals surface area contributed by atoms with Gasteiger partial charge in [-0.05, 0) is 40.0 Å². The summed E-state index contributed by atoms with van der Waals surface area (Å²) in [5.74, 6) is 0.423. The normalized spacial score (nSPS) is 10.8. The first-order valence-corrected chi connectivity index (χ1v) is 8.96. The molecule has 0 aliphatic heterocycles. The summed E-state index contributed by atoms with van der Waals surface area (Å²) in [5, 5.41) is 0. The Bertz CT molecular complexity index is 369. The molecule has 3 nitrogen and oxygen atoms in total. The lowest BCUT2D eigenvalue weighted by atomic mass is 10.1. The van der Waals surface area contributed by atoms with Crippen LogP contribution < -0.4 is 0 Å². The minimum atomic E-state index is -1.20. The van der Waals surface area contributed by atoms with Crippen molar-refractivity contribution in [3.63, 3.8) is 0 Å². The first-order chi connectivity index (χ1) is 11.3. The monoisotopic (exact) mass is 336 g/mol. The van der Waals surface area contributed by atoms with Crippen molar-refractivity contribution in [2.75, 3.05) is 0 Å². The SMILES string of the molecule is C=CCCCCCCCCCC(OC(=C)C)(OC(=C)C)OC(=C)C. The van der Waals surface area contributed by atoms with E-state index in [-0.39, 0.29) is 0 Å². The van der Waals surface area contributed by atoms with Crippen LogP contribution in [0.25, 0.3) is 0 Å². The van der Waals surface area contributed by atoms with Crippen LogP contribution in [0.5, 0.6) is 0 Å². The molecule has 0 aliphatic rings. The van der Waals surface area contributed by atoms with Crippen LogP contribution in [0.2, 0.25) is 0 Å². The van der Waals surface area contributed by atoms with Gasteiger partial charge in [-0.1, -0.05) is 57.9 Å². The predicted octanol–water partition coefficient (Wildman–Crippen LogP) is 6.99. The van der Waals surface area contributed by atoms with Crippen LogP contribution in [-0.2, 0) is 14.2 Å². The lowest BCUT2D eigenvalue weighted by molar-refractivity contribution is -0.338. The average Bonchev–Trinajstić information content (AvgIpc) is 2.43. The minimum Gasteiger partial charge on any atom is -0.426 e. The molecule has 3 heteroatoms. The van der Waals surface area contributed by atoms with Gasteiger partial charge in [-0.2, -0.15) is 0 Å². The largest absolute Gasteiger partial charge is 0.426 e. The summed E-state index contributed by atoms with van der Waals surface area (Å²) in [6.07, 6.45) is 12.1. The smallest absolute Gasteiger partial charge is 0.416 e. The number of rotatable bonds is 16. The topological polar surface area (TPSA) is 27.7 Å². The van der Waals surface area contributed by atoms with Crippen molar-refractivity contribution < 1.29 is 14.2 Å². The Morgan fingerprint density at radius 1 is 0.708 bits per heavy atom. The number of ether oxygens (including phenoxy) is 3. The number of hydrogen-bond donors (Lipinski definition) is 0. The van der Waals surface area contributed by atoms with Crippen LogP contribution in [0, 0.1) is 0 Å². The molecule has 0 fully saturated rings. The van der Waals surface area contributed by atoms with Crippen molar-refractivity contribution in [2.24, 2.45) is 0 Å². The summed E-state index contributed by atoms with van der Waals surface area (Å²) in [5.41, 5.74) is 0. The molecule has 0 saturated heterocycles. The second-order valence-electron chi connectivity index (χ2n) is 6.40. The van der Waals surface area contributed by atoms with Crippen LogP contribution in [0.1, 0.15) is 78.6 Å². The summed E-state index contributed by atoms with van der Waals surface area (Å²) < 4.78 is 17.3. The average molecular weight is 337 g/mol. The third-order valence-corrected chi connectivity index (χ3v) is 3.38. The molecular formula is C21H36O3. The van der Waals surface area contributed by atoms with Gasteiger partial charge in [-0.15, -0.1) is 6.58 Å². The molecule has 0 aromatic rings. The molecule has 0 aliphatic carbocycles. The van der Waals surface area contributed by atoms with Gasteiger partial charge in [0.25, 0.3) is 0 Å². The van der Waals surface area contributed by atoms with Crippen molar-refractivity contribution in [3.8, 4) is 0 Å². The molecule has 0 aromatic heterocycles. The molecule has 0 rings (SSSR count). The predicted molar refractivity (Wildman–Crippen MR) is 102 cm³/mol. The lowest BCUT2D eigenvalue weighted by Gasteiger charge is -2.34. The van der Waals surface area contributed by atoms with Gasteiger partial charge < -0.3 is 14.2 Å². The van der Waals surface area contributed by atoms with E-state index in [1.807, 2.05) is 6.08 Å². The number of unbranched alkanes of at least 4 members (excludes halogenated alkanes) is 7. The van der Waals surface area contributed by atoms with E-state index in [4.69, 9.17) is 14.2 Å². The zero-order chi connectivity index (χ0) is 18.4. The van der Waals surface area contributed by atoms with E-state index in [2.05, 4.69) is 26.3 Å². The van der Waals surface area contributed by atoms with Crippen molar-refractivity contribution >= 4 is 0 Å². The zero-order valence-corrected chi connectivity index (χ0v) is 16.0. The summed E-state index contributed by atoms with van der Waals surface area (Å²) in [4.78, 5) is 0. The Labute approximate surface area is 149 Å². The van der Waals surface area contributed by atoms with Gasteiger partial charge in [-0.25, -0.2) is 0 Å². The third kappa shape index (κ3) is 11.9. The molecule has 0 spiro atoms. The highest BCUT2D eigenvalue weighted by molar-refractivity contribution is 4.86. The molecule has 0 saturated carbocycles. The fourth-order valence-electron chi connectivity index (χ4n) is 2.53. The maximum Gasteiger partial charge on any atom is 0.416 e. The van der Waals surface area contributed by atoms with E-state index < -0.39 is 5.97 Å². The zero-order valence-electron chi connectivity index (χ0n) is 16.0. The van der Waals surface area contributed by atoms with Gasteiger partial charge in [0, 0.05) is 0 Å². The van der Waals surface area contributed by atoms with Crippen LogP contribution in [-0.4, -0.2) is 5.97 Å². The van der Waals surface area contributed by atoms with E-state index >= 15 is 0 Å². The van der Waals surface area contributed by atoms with E-state index in [9.17, 15) is 0 Å². The van der Waals surface area contributed by atoms with Crippen LogP contribution >= 0.6 is 0 Å². The highest BCUT2D eigenvalue weighted by Gasteiger charge is 2.37. The van der Waals surface area contributed by atoms with E-state index in [0.717, 1.165) is 19.3 Å². The lowest BCUT2D eigenvalue weighted by Crippen LogP contribution is -2.37. The molecule has 0 N–H and O–H groups in total. The molecule has 0 unspecified atom stereocenters. The van der Waals surface area contributed by atoms with E-state index in [1.165, 1.54) is 32.1 Å². The summed E-state index contributed by atoms with van der Waals surface area (Å²) >= 11 is 0. The molecule has 0 bridgehead atoms. The molecule has 0 radical (unpaired) electrons. The first-order valence-electron chi connectivity index (χ1n) is 8.96. The highest BCUT2D eigenvalue weighted by atomic mass is 16.9. The van der Waals surface area contributed by atoms with Crippen molar-refractivity contribution in [1.82, 2.24) is 0 Å². The van der Waals surface area contributed by atoms with E-state index in [0.29, 0.717) is 23.7 Å². The summed E-state index contributed by atoms with van der Waals surface area (Å²) in [6, 6.07) is 0. The van der Waals surface area contributed by atoms with Gasteiger partial charge in [0.15, 0.2) is 0 Å². The molecule has 138 valence electrons. The summed E-state index contributed by atoms with van der Waals surface area (Å²) in [7, 11) is 0. The van der Waals surface area contributed by atoms with Gasteiger partial charge in [0.2, 0.25) is 0 Å². The van der Waals surface area contributed by atoms with Crippen LogP contribution in [0.4, 0.5) is 0 Å². The number of hydrogen-bond acceptors (Lipinski definition) is 3. The second kappa shape index (κ2) is 12.7.